The predicted octanol–water partition coefficient (Wildman–Crippen LogP) is 10.3. The van der Waals surface area contributed by atoms with Gasteiger partial charge >= 0.3 is 0 Å². The SMILES string of the molecule is c1ccc(C2=NC(c3ccc4c(c3)-c3cc5ccccc5cc3C43c4ccccc4Oc4ccccc43)Nc3ccccc32)cc1. The average Bonchev–Trinajstić information content (AvgIpc) is 3.39. The molecule has 0 saturated heterocycles. The number of ether oxygens (including phenoxy) is 1. The van der Waals surface area contributed by atoms with Crippen molar-refractivity contribution in [3.63, 3.8) is 0 Å². The van der Waals surface area contributed by atoms with Gasteiger partial charge in [-0.15, -0.1) is 0 Å². The van der Waals surface area contributed by atoms with Crippen LogP contribution in [0.15, 0.2) is 163 Å². The number of aliphatic imine (C=N–C) groups is 1. The van der Waals surface area contributed by atoms with Gasteiger partial charge in [0, 0.05) is 27.9 Å². The summed E-state index contributed by atoms with van der Waals surface area (Å²) in [7, 11) is 0. The molecule has 1 atom stereocenters. The lowest BCUT2D eigenvalue weighted by molar-refractivity contribution is 0.436. The molecule has 1 N–H and O–H groups in total. The first-order chi connectivity index (χ1) is 22.8. The molecular formula is C43H28N2O. The Hall–Kier alpha value is -5.93. The molecule has 2 heterocycles. The van der Waals surface area contributed by atoms with Gasteiger partial charge in [-0.3, -0.25) is 4.99 Å². The third-order valence-corrected chi connectivity index (χ3v) is 9.93. The van der Waals surface area contributed by atoms with Gasteiger partial charge in [0.2, 0.25) is 0 Å². The molecule has 1 spiro atoms. The first-order valence-corrected chi connectivity index (χ1v) is 15.8. The third kappa shape index (κ3) is 3.45. The summed E-state index contributed by atoms with van der Waals surface area (Å²) in [6.07, 6.45) is -0.231. The second-order valence-corrected chi connectivity index (χ2v) is 12.3. The van der Waals surface area contributed by atoms with Crippen LogP contribution in [0.4, 0.5) is 5.69 Å². The summed E-state index contributed by atoms with van der Waals surface area (Å²) in [6.45, 7) is 0. The highest BCUT2D eigenvalue weighted by molar-refractivity contribution is 6.17. The van der Waals surface area contributed by atoms with Crippen molar-refractivity contribution in [2.45, 2.75) is 11.6 Å². The fraction of sp³-hybridized carbons (Fsp3) is 0.0465. The van der Waals surface area contributed by atoms with Crippen molar-refractivity contribution in [2.24, 2.45) is 4.99 Å². The molecular weight excluding hydrogens is 560 g/mol. The van der Waals surface area contributed by atoms with Crippen molar-refractivity contribution in [3.05, 3.63) is 197 Å². The standard InChI is InChI=1S/C43H28N2O/c1-2-12-27(13-3-1)41-31-16-6-9-19-38(31)44-42(45-41)30-22-23-34-32(25-30)33-24-28-14-4-5-15-29(28)26-37(33)43(34)35-17-7-10-20-39(35)46-40-21-11-8-18-36(40)43/h1-26,42,44H. The lowest BCUT2D eigenvalue weighted by atomic mass is 9.66. The Morgan fingerprint density at radius 1 is 0.500 bits per heavy atom. The maximum Gasteiger partial charge on any atom is 0.145 e. The van der Waals surface area contributed by atoms with E-state index in [0.29, 0.717) is 0 Å². The van der Waals surface area contributed by atoms with Gasteiger partial charge in [-0.1, -0.05) is 121 Å². The Morgan fingerprint density at radius 3 is 1.91 bits per heavy atom. The van der Waals surface area contributed by atoms with E-state index in [0.717, 1.165) is 39.6 Å². The van der Waals surface area contributed by atoms with E-state index in [2.05, 4.69) is 163 Å². The molecule has 0 aromatic heterocycles. The van der Waals surface area contributed by atoms with Crippen molar-refractivity contribution < 1.29 is 4.74 Å². The quantitative estimate of drug-likeness (QED) is 0.218. The fourth-order valence-electron chi connectivity index (χ4n) is 7.95. The smallest absolute Gasteiger partial charge is 0.145 e. The van der Waals surface area contributed by atoms with Crippen LogP contribution in [0.5, 0.6) is 11.5 Å². The molecule has 3 aliphatic rings. The maximum atomic E-state index is 6.56. The molecule has 216 valence electrons. The minimum Gasteiger partial charge on any atom is -0.457 e. The summed E-state index contributed by atoms with van der Waals surface area (Å²) in [6, 6.07) is 56.5. The zero-order valence-electron chi connectivity index (χ0n) is 24.9. The highest BCUT2D eigenvalue weighted by Crippen LogP contribution is 2.62. The van der Waals surface area contributed by atoms with Crippen molar-refractivity contribution in [3.8, 4) is 22.6 Å². The largest absolute Gasteiger partial charge is 0.457 e. The Bertz CT molecular complexity index is 2340. The summed E-state index contributed by atoms with van der Waals surface area (Å²) >= 11 is 0. The van der Waals surface area contributed by atoms with Gasteiger partial charge in [-0.2, -0.15) is 0 Å². The van der Waals surface area contributed by atoms with E-state index in [1.54, 1.807) is 0 Å². The third-order valence-electron chi connectivity index (χ3n) is 9.93. The molecule has 2 aliphatic heterocycles. The van der Waals surface area contributed by atoms with Gasteiger partial charge in [0.15, 0.2) is 0 Å². The van der Waals surface area contributed by atoms with E-state index in [9.17, 15) is 0 Å². The zero-order valence-corrected chi connectivity index (χ0v) is 24.9. The summed E-state index contributed by atoms with van der Waals surface area (Å²) in [5.41, 5.74) is 12.4. The first-order valence-electron chi connectivity index (χ1n) is 15.8. The molecule has 7 aromatic carbocycles. The molecule has 0 amide bonds. The summed E-state index contributed by atoms with van der Waals surface area (Å²) in [4.78, 5) is 5.36. The minimum atomic E-state index is -0.510. The normalized spacial score (nSPS) is 16.3. The number of hydrogen-bond acceptors (Lipinski definition) is 3. The Balaban J connectivity index is 1.24. The predicted molar refractivity (Wildman–Crippen MR) is 186 cm³/mol. The van der Waals surface area contributed by atoms with Crippen molar-refractivity contribution >= 4 is 22.2 Å². The highest BCUT2D eigenvalue weighted by atomic mass is 16.5. The van der Waals surface area contributed by atoms with Crippen LogP contribution < -0.4 is 10.1 Å². The van der Waals surface area contributed by atoms with E-state index in [1.807, 2.05) is 0 Å². The molecule has 0 saturated carbocycles. The molecule has 7 aromatic rings. The molecule has 3 nitrogen and oxygen atoms in total. The number of anilines is 1. The number of benzene rings is 7. The second kappa shape index (κ2) is 9.53. The average molecular weight is 589 g/mol. The molecule has 0 fully saturated rings. The van der Waals surface area contributed by atoms with E-state index in [1.165, 1.54) is 44.2 Å². The minimum absolute atomic E-state index is 0.231. The molecule has 0 radical (unpaired) electrons. The Kier molecular flexibility index (Phi) is 5.26. The number of nitrogens with one attached hydrogen (secondary N) is 1. The van der Waals surface area contributed by atoms with Gasteiger partial charge in [0.1, 0.15) is 17.7 Å². The molecule has 46 heavy (non-hydrogen) atoms. The number of nitrogens with zero attached hydrogens (tertiary/aromatic N) is 1. The van der Waals surface area contributed by atoms with Crippen molar-refractivity contribution in [1.82, 2.24) is 0 Å². The van der Waals surface area contributed by atoms with Gasteiger partial charge in [0.05, 0.1) is 11.1 Å². The molecule has 0 bridgehead atoms. The molecule has 1 unspecified atom stereocenters. The van der Waals surface area contributed by atoms with Crippen LogP contribution in [-0.2, 0) is 5.41 Å². The van der Waals surface area contributed by atoms with E-state index in [-0.39, 0.29) is 6.17 Å². The number of rotatable bonds is 2. The Morgan fingerprint density at radius 2 is 1.13 bits per heavy atom. The summed E-state index contributed by atoms with van der Waals surface area (Å²) < 4.78 is 6.56. The summed E-state index contributed by atoms with van der Waals surface area (Å²) in [5.74, 6) is 1.81. The van der Waals surface area contributed by atoms with Crippen molar-refractivity contribution in [1.29, 1.82) is 0 Å². The Labute approximate surface area is 267 Å². The topological polar surface area (TPSA) is 33.6 Å². The van der Waals surface area contributed by atoms with Crippen LogP contribution in [0, 0.1) is 0 Å². The summed E-state index contributed by atoms with van der Waals surface area (Å²) in [5, 5.41) is 6.22. The van der Waals surface area contributed by atoms with Gasteiger partial charge in [-0.05, 0) is 75.0 Å². The van der Waals surface area contributed by atoms with Crippen LogP contribution in [0.25, 0.3) is 21.9 Å². The maximum absolute atomic E-state index is 6.56. The van der Waals surface area contributed by atoms with Gasteiger partial charge in [0.25, 0.3) is 0 Å². The van der Waals surface area contributed by atoms with Gasteiger partial charge in [-0.25, -0.2) is 0 Å². The lowest BCUT2D eigenvalue weighted by Gasteiger charge is -2.39. The fourth-order valence-corrected chi connectivity index (χ4v) is 7.95. The van der Waals surface area contributed by atoms with Crippen molar-refractivity contribution in [2.75, 3.05) is 5.32 Å². The molecule has 10 rings (SSSR count). The number of hydrogen-bond donors (Lipinski definition) is 1. The molecule has 1 aliphatic carbocycles. The zero-order chi connectivity index (χ0) is 30.2. The first kappa shape index (κ1) is 25.4. The van der Waals surface area contributed by atoms with Crippen LogP contribution in [0.3, 0.4) is 0 Å². The second-order valence-electron chi connectivity index (χ2n) is 12.3. The van der Waals surface area contributed by atoms with E-state index >= 15 is 0 Å². The van der Waals surface area contributed by atoms with E-state index < -0.39 is 5.41 Å². The van der Waals surface area contributed by atoms with Crippen LogP contribution in [0.1, 0.15) is 45.1 Å². The van der Waals surface area contributed by atoms with Crippen LogP contribution >= 0.6 is 0 Å². The monoisotopic (exact) mass is 588 g/mol. The van der Waals surface area contributed by atoms with E-state index in [4.69, 9.17) is 9.73 Å². The lowest BCUT2D eigenvalue weighted by Crippen LogP contribution is -2.32. The van der Waals surface area contributed by atoms with Crippen LogP contribution in [-0.4, -0.2) is 5.71 Å². The number of para-hydroxylation sites is 3. The highest BCUT2D eigenvalue weighted by Gasteiger charge is 2.51. The number of fused-ring (bicyclic) bond motifs is 11. The van der Waals surface area contributed by atoms with Gasteiger partial charge < -0.3 is 10.1 Å². The molecule has 3 heteroatoms. The van der Waals surface area contributed by atoms with Crippen LogP contribution in [0.2, 0.25) is 0 Å².